The van der Waals surface area contributed by atoms with E-state index >= 15 is 0 Å². The molecule has 2 aliphatic carbocycles. The Kier molecular flexibility index (Phi) is 3.93. The largest absolute Gasteiger partial charge is 0.378 e. The van der Waals surface area contributed by atoms with Crippen LogP contribution in [-0.2, 0) is 4.74 Å². The molecule has 4 rings (SSSR count). The van der Waals surface area contributed by atoms with Gasteiger partial charge in [-0.2, -0.15) is 0 Å². The molecule has 4 nitrogen and oxygen atoms in total. The zero-order valence-corrected chi connectivity index (χ0v) is 14.1. The van der Waals surface area contributed by atoms with Crippen molar-refractivity contribution >= 4 is 5.91 Å². The molecule has 0 bridgehead atoms. The molecular formula is C20H24N2O2. The molecule has 0 aliphatic heterocycles. The molecule has 2 atom stereocenters. The van der Waals surface area contributed by atoms with E-state index in [-0.39, 0.29) is 17.4 Å². The van der Waals surface area contributed by atoms with Gasteiger partial charge in [-0.1, -0.05) is 6.42 Å². The summed E-state index contributed by atoms with van der Waals surface area (Å²) in [6.07, 6.45) is 8.88. The molecule has 2 aromatic rings. The van der Waals surface area contributed by atoms with E-state index in [0.717, 1.165) is 24.3 Å². The van der Waals surface area contributed by atoms with E-state index in [9.17, 15) is 4.79 Å². The van der Waals surface area contributed by atoms with Crippen molar-refractivity contribution in [2.75, 3.05) is 6.61 Å². The fourth-order valence-corrected chi connectivity index (χ4v) is 4.17. The Bertz CT molecular complexity index is 702. The number of carbonyl (C=O) groups excluding carboxylic acids is 1. The molecule has 1 amide bonds. The van der Waals surface area contributed by atoms with Gasteiger partial charge in [0.15, 0.2) is 0 Å². The van der Waals surface area contributed by atoms with Crippen molar-refractivity contribution in [1.29, 1.82) is 0 Å². The number of aromatic nitrogens is 1. The highest BCUT2D eigenvalue weighted by atomic mass is 16.5. The van der Waals surface area contributed by atoms with Crippen molar-refractivity contribution in [3.05, 3.63) is 54.4 Å². The molecule has 1 aromatic heterocycles. The first-order valence-electron chi connectivity index (χ1n) is 8.89. The van der Waals surface area contributed by atoms with Gasteiger partial charge in [0.05, 0.1) is 6.10 Å². The molecule has 126 valence electrons. The molecule has 0 unspecified atom stereocenters. The minimum atomic E-state index is 0.0280. The second kappa shape index (κ2) is 6.10. The summed E-state index contributed by atoms with van der Waals surface area (Å²) < 4.78 is 7.89. The molecule has 1 N–H and O–H groups in total. The Morgan fingerprint density at radius 2 is 1.96 bits per heavy atom. The number of hydrogen-bond donors (Lipinski definition) is 1. The first kappa shape index (κ1) is 15.5. The van der Waals surface area contributed by atoms with Gasteiger partial charge in [-0.25, -0.2) is 0 Å². The van der Waals surface area contributed by atoms with Crippen LogP contribution in [-0.4, -0.2) is 29.2 Å². The maximum absolute atomic E-state index is 12.6. The van der Waals surface area contributed by atoms with E-state index in [4.69, 9.17) is 4.74 Å². The minimum Gasteiger partial charge on any atom is -0.378 e. The topological polar surface area (TPSA) is 43.3 Å². The Morgan fingerprint density at radius 3 is 2.54 bits per heavy atom. The van der Waals surface area contributed by atoms with Gasteiger partial charge in [0, 0.05) is 41.7 Å². The van der Waals surface area contributed by atoms with Crippen molar-refractivity contribution in [2.45, 2.75) is 44.8 Å². The van der Waals surface area contributed by atoms with Crippen LogP contribution in [0.15, 0.2) is 48.8 Å². The third kappa shape index (κ3) is 2.46. The molecule has 1 spiro atoms. The van der Waals surface area contributed by atoms with Crippen molar-refractivity contribution < 1.29 is 9.53 Å². The molecule has 24 heavy (non-hydrogen) atoms. The zero-order valence-electron chi connectivity index (χ0n) is 14.1. The van der Waals surface area contributed by atoms with Crippen LogP contribution in [0.3, 0.4) is 0 Å². The van der Waals surface area contributed by atoms with E-state index in [1.807, 2.05) is 60.3 Å². The zero-order chi connectivity index (χ0) is 16.6. The Morgan fingerprint density at radius 1 is 1.25 bits per heavy atom. The van der Waals surface area contributed by atoms with Crippen LogP contribution in [0.4, 0.5) is 0 Å². The van der Waals surface area contributed by atoms with Gasteiger partial charge in [0.1, 0.15) is 0 Å². The molecule has 4 heteroatoms. The Hall–Kier alpha value is -2.07. The van der Waals surface area contributed by atoms with Crippen LogP contribution in [0.5, 0.6) is 0 Å². The summed E-state index contributed by atoms with van der Waals surface area (Å²) in [5.41, 5.74) is 1.99. The smallest absolute Gasteiger partial charge is 0.251 e. The van der Waals surface area contributed by atoms with E-state index in [0.29, 0.717) is 6.10 Å². The molecule has 2 saturated carbocycles. The first-order valence-corrected chi connectivity index (χ1v) is 8.89. The molecule has 2 aliphatic rings. The van der Waals surface area contributed by atoms with Crippen LogP contribution in [0.1, 0.15) is 43.0 Å². The predicted octanol–water partition coefficient (Wildman–Crippen LogP) is 3.55. The number of rotatable bonds is 5. The summed E-state index contributed by atoms with van der Waals surface area (Å²) in [7, 11) is 0. The maximum atomic E-state index is 12.6. The number of hydrogen-bond acceptors (Lipinski definition) is 2. The van der Waals surface area contributed by atoms with Crippen molar-refractivity contribution in [3.63, 3.8) is 0 Å². The van der Waals surface area contributed by atoms with Gasteiger partial charge in [0.25, 0.3) is 5.91 Å². The van der Waals surface area contributed by atoms with E-state index < -0.39 is 0 Å². The van der Waals surface area contributed by atoms with Crippen LogP contribution < -0.4 is 5.32 Å². The Labute approximate surface area is 142 Å². The van der Waals surface area contributed by atoms with Gasteiger partial charge >= 0.3 is 0 Å². The van der Waals surface area contributed by atoms with E-state index in [2.05, 4.69) is 5.32 Å². The SMILES string of the molecule is CCO[C@H]1C[C@@H](NC(=O)c2ccc(-n3cccc3)cc2)C12CCC2. The first-order chi connectivity index (χ1) is 11.7. The van der Waals surface area contributed by atoms with E-state index in [1.165, 1.54) is 19.3 Å². The second-order valence-corrected chi connectivity index (χ2v) is 6.93. The van der Waals surface area contributed by atoms with E-state index in [1.54, 1.807) is 0 Å². The molecule has 1 heterocycles. The summed E-state index contributed by atoms with van der Waals surface area (Å²) in [4.78, 5) is 12.6. The summed E-state index contributed by atoms with van der Waals surface area (Å²) in [6, 6.07) is 12.0. The Balaban J connectivity index is 1.42. The number of amides is 1. The van der Waals surface area contributed by atoms with Crippen molar-refractivity contribution in [3.8, 4) is 5.69 Å². The van der Waals surface area contributed by atoms with Crippen LogP contribution in [0.2, 0.25) is 0 Å². The standard InChI is InChI=1S/C20H24N2O2/c1-2-24-18-14-17(20(18)10-5-11-20)21-19(23)15-6-8-16(9-7-15)22-12-3-4-13-22/h3-4,6-9,12-13,17-18H,2,5,10-11,14H2,1H3,(H,21,23)/t17-,18+/m1/s1. The van der Waals surface area contributed by atoms with Crippen LogP contribution >= 0.6 is 0 Å². The number of benzene rings is 1. The average molecular weight is 324 g/mol. The molecule has 0 saturated heterocycles. The molecule has 2 fully saturated rings. The summed E-state index contributed by atoms with van der Waals surface area (Å²) in [5.74, 6) is 0.0280. The number of carbonyl (C=O) groups is 1. The molecule has 1 aromatic carbocycles. The van der Waals surface area contributed by atoms with Gasteiger partial charge in [-0.15, -0.1) is 0 Å². The van der Waals surface area contributed by atoms with Crippen molar-refractivity contribution in [1.82, 2.24) is 9.88 Å². The van der Waals surface area contributed by atoms with Crippen molar-refractivity contribution in [2.24, 2.45) is 5.41 Å². The molecular weight excluding hydrogens is 300 g/mol. The third-order valence-corrected chi connectivity index (χ3v) is 5.77. The predicted molar refractivity (Wildman–Crippen MR) is 93.3 cm³/mol. The highest BCUT2D eigenvalue weighted by Crippen LogP contribution is 2.57. The highest BCUT2D eigenvalue weighted by molar-refractivity contribution is 5.94. The van der Waals surface area contributed by atoms with Gasteiger partial charge < -0.3 is 14.6 Å². The quantitative estimate of drug-likeness (QED) is 0.914. The molecule has 0 radical (unpaired) electrons. The lowest BCUT2D eigenvalue weighted by Crippen LogP contribution is -2.67. The fourth-order valence-electron chi connectivity index (χ4n) is 4.17. The number of ether oxygens (including phenoxy) is 1. The third-order valence-electron chi connectivity index (χ3n) is 5.77. The highest BCUT2D eigenvalue weighted by Gasteiger charge is 2.59. The minimum absolute atomic E-state index is 0.0280. The number of nitrogens with zero attached hydrogens (tertiary/aromatic N) is 1. The lowest BCUT2D eigenvalue weighted by Gasteiger charge is -2.61. The second-order valence-electron chi connectivity index (χ2n) is 6.93. The van der Waals surface area contributed by atoms with Crippen LogP contribution in [0, 0.1) is 5.41 Å². The lowest BCUT2D eigenvalue weighted by atomic mass is 9.51. The maximum Gasteiger partial charge on any atom is 0.251 e. The summed E-state index contributed by atoms with van der Waals surface area (Å²) in [5, 5.41) is 3.24. The summed E-state index contributed by atoms with van der Waals surface area (Å²) in [6.45, 7) is 2.80. The number of nitrogens with one attached hydrogen (secondary N) is 1. The van der Waals surface area contributed by atoms with Crippen LogP contribution in [0.25, 0.3) is 5.69 Å². The van der Waals surface area contributed by atoms with Gasteiger partial charge in [0.2, 0.25) is 0 Å². The van der Waals surface area contributed by atoms with Gasteiger partial charge in [-0.3, -0.25) is 4.79 Å². The monoisotopic (exact) mass is 324 g/mol. The lowest BCUT2D eigenvalue weighted by molar-refractivity contribution is -0.169. The fraction of sp³-hybridized carbons (Fsp3) is 0.450. The summed E-state index contributed by atoms with van der Waals surface area (Å²) >= 11 is 0. The average Bonchev–Trinajstić information content (AvgIpc) is 3.06. The van der Waals surface area contributed by atoms with Gasteiger partial charge in [-0.05, 0) is 62.6 Å². The normalized spacial score (nSPS) is 24.2.